The molecule has 12 nitrogen and oxygen atoms in total. The van der Waals surface area contributed by atoms with Crippen molar-refractivity contribution in [1.82, 2.24) is 25.2 Å². The highest BCUT2D eigenvalue weighted by atomic mass is 16.6. The summed E-state index contributed by atoms with van der Waals surface area (Å²) in [5.41, 5.74) is 0.827. The minimum atomic E-state index is -0.911. The lowest BCUT2D eigenvalue weighted by Gasteiger charge is -2.37. The molecule has 2 fully saturated rings. The fourth-order valence-electron chi connectivity index (χ4n) is 7.93. The summed E-state index contributed by atoms with van der Waals surface area (Å²) in [5.74, 6) is 1.80. The minimum Gasteiger partial charge on any atom is -0.484 e. The molecule has 3 aromatic rings. The van der Waals surface area contributed by atoms with Crippen LogP contribution in [0.2, 0.25) is 0 Å². The van der Waals surface area contributed by atoms with Gasteiger partial charge in [0, 0.05) is 12.0 Å². The third-order valence-electron chi connectivity index (χ3n) is 10.8. The molecule has 1 saturated heterocycles. The van der Waals surface area contributed by atoms with E-state index in [4.69, 9.17) is 28.6 Å². The van der Waals surface area contributed by atoms with Gasteiger partial charge in [0.05, 0.1) is 29.8 Å². The first-order valence-corrected chi connectivity index (χ1v) is 18.1. The van der Waals surface area contributed by atoms with Crippen LogP contribution in [0, 0.1) is 24.2 Å². The van der Waals surface area contributed by atoms with Gasteiger partial charge in [0.25, 0.3) is 0 Å². The van der Waals surface area contributed by atoms with Crippen molar-refractivity contribution < 1.29 is 33.0 Å². The largest absolute Gasteiger partial charge is 0.484 e. The van der Waals surface area contributed by atoms with E-state index in [0.29, 0.717) is 41.6 Å². The van der Waals surface area contributed by atoms with Gasteiger partial charge in [-0.25, -0.2) is 19.7 Å². The maximum Gasteiger partial charge on any atom is 0.408 e. The molecule has 4 heterocycles. The maximum atomic E-state index is 14.3. The second kappa shape index (κ2) is 14.6. The molecule has 0 unspecified atom stereocenters. The summed E-state index contributed by atoms with van der Waals surface area (Å²) in [7, 11) is 0. The van der Waals surface area contributed by atoms with Crippen LogP contribution in [0.5, 0.6) is 11.6 Å². The highest BCUT2D eigenvalue weighted by Crippen LogP contribution is 2.42. The van der Waals surface area contributed by atoms with Gasteiger partial charge >= 0.3 is 6.09 Å². The van der Waals surface area contributed by atoms with Gasteiger partial charge in [-0.15, -0.1) is 0 Å². The van der Waals surface area contributed by atoms with Gasteiger partial charge in [-0.3, -0.25) is 4.79 Å². The van der Waals surface area contributed by atoms with Gasteiger partial charge in [0.1, 0.15) is 41.2 Å². The van der Waals surface area contributed by atoms with Crippen LogP contribution in [0.4, 0.5) is 4.79 Å². The molecule has 1 N–H and O–H groups in total. The summed E-state index contributed by atoms with van der Waals surface area (Å²) in [5, 5.41) is 2.92. The molecule has 1 aromatic carbocycles. The summed E-state index contributed by atoms with van der Waals surface area (Å²) in [6, 6.07) is 3.93. The Morgan fingerprint density at radius 3 is 2.62 bits per heavy atom. The zero-order chi connectivity index (χ0) is 35.6. The quantitative estimate of drug-likeness (QED) is 0.295. The fraction of sp³-hybridized carbons (Fsp3) is 0.632. The molecule has 6 rings (SSSR count). The zero-order valence-electron chi connectivity index (χ0n) is 30.2. The summed E-state index contributed by atoms with van der Waals surface area (Å²) in [6.45, 7) is 11.9. The molecule has 1 aliphatic carbocycles. The maximum absolute atomic E-state index is 14.3. The first kappa shape index (κ1) is 35.6. The van der Waals surface area contributed by atoms with Gasteiger partial charge in [-0.2, -0.15) is 0 Å². The minimum absolute atomic E-state index is 0.168. The molecule has 12 heteroatoms. The van der Waals surface area contributed by atoms with Crippen molar-refractivity contribution in [1.29, 1.82) is 0 Å². The van der Waals surface area contributed by atoms with Crippen molar-refractivity contribution >= 4 is 29.3 Å². The van der Waals surface area contributed by atoms with E-state index in [1.54, 1.807) is 11.1 Å². The van der Waals surface area contributed by atoms with Crippen molar-refractivity contribution in [2.45, 2.75) is 130 Å². The van der Waals surface area contributed by atoms with Crippen molar-refractivity contribution in [3.05, 3.63) is 41.7 Å². The topological polar surface area (TPSA) is 146 Å². The number of aryl methyl sites for hydroxylation is 2. The summed E-state index contributed by atoms with van der Waals surface area (Å²) in [4.78, 5) is 56.2. The van der Waals surface area contributed by atoms with Crippen molar-refractivity contribution in [2.24, 2.45) is 17.3 Å². The van der Waals surface area contributed by atoms with Crippen LogP contribution in [0.3, 0.4) is 0 Å². The Hall–Kier alpha value is -4.22. The Morgan fingerprint density at radius 2 is 1.90 bits per heavy atom. The molecule has 3 aliphatic rings. The van der Waals surface area contributed by atoms with Gasteiger partial charge in [0.15, 0.2) is 6.61 Å². The molecule has 2 bridgehead atoms. The number of amides is 2. The zero-order valence-corrected chi connectivity index (χ0v) is 30.2. The van der Waals surface area contributed by atoms with Gasteiger partial charge in [-0.05, 0) is 82.3 Å². The Labute approximate surface area is 294 Å². The molecule has 6 atom stereocenters. The molecule has 50 heavy (non-hydrogen) atoms. The highest BCUT2D eigenvalue weighted by molar-refractivity contribution is 5.89. The number of benzene rings is 1. The Morgan fingerprint density at radius 1 is 1.10 bits per heavy atom. The van der Waals surface area contributed by atoms with Crippen LogP contribution in [-0.2, 0) is 27.4 Å². The van der Waals surface area contributed by atoms with Crippen LogP contribution in [-0.4, -0.2) is 68.5 Å². The van der Waals surface area contributed by atoms with E-state index in [1.165, 1.54) is 0 Å². The van der Waals surface area contributed by atoms with E-state index >= 15 is 0 Å². The predicted molar refractivity (Wildman–Crippen MR) is 186 cm³/mol. The van der Waals surface area contributed by atoms with Crippen LogP contribution in [0.25, 0.3) is 11.0 Å². The molecule has 270 valence electrons. The van der Waals surface area contributed by atoms with E-state index in [9.17, 15) is 14.4 Å². The number of aldehydes is 1. The standard InChI is InChI=1S/C38H51N5O7/c1-7-26-30(21-44)43-20-31(26)49-34-28(40-27-16-15-25(18-29(27)41-34)47-22-32-39-19-23(2)48-32)14-10-8-9-12-24-13-11-17-38(24,6)50-36(46)42-33(35(43)45)37(3,4)5/h15-16,18-19,21,24,26,30-31,33H,7-14,17,20,22H2,1-6H3,(H,42,46)/t24-,26+,30-,31+,33-,38-/m1/s1. The number of hydrogen-bond acceptors (Lipinski definition) is 10. The predicted octanol–water partition coefficient (Wildman–Crippen LogP) is 6.50. The highest BCUT2D eigenvalue weighted by Gasteiger charge is 2.49. The Bertz CT molecular complexity index is 1700. The number of alkyl carbamates (subject to hydrolysis) is 1. The van der Waals surface area contributed by atoms with E-state index in [2.05, 4.69) is 10.3 Å². The summed E-state index contributed by atoms with van der Waals surface area (Å²) < 4.78 is 24.3. The van der Waals surface area contributed by atoms with Crippen molar-refractivity contribution in [3.63, 3.8) is 0 Å². The monoisotopic (exact) mass is 689 g/mol. The molecule has 2 amide bonds. The van der Waals surface area contributed by atoms with E-state index in [0.717, 1.165) is 62.4 Å². The summed E-state index contributed by atoms with van der Waals surface area (Å²) >= 11 is 0. The number of rotatable bonds is 5. The number of hydrogen-bond donors (Lipinski definition) is 1. The molecule has 2 aromatic heterocycles. The molecule has 0 spiro atoms. The molecular formula is C38H51N5O7. The first-order valence-electron chi connectivity index (χ1n) is 18.1. The number of oxazole rings is 1. The average molecular weight is 690 g/mol. The van der Waals surface area contributed by atoms with Crippen molar-refractivity contribution in [2.75, 3.05) is 6.54 Å². The van der Waals surface area contributed by atoms with Crippen LogP contribution in [0.1, 0.15) is 103 Å². The second-order valence-electron chi connectivity index (χ2n) is 15.5. The van der Waals surface area contributed by atoms with Gasteiger partial charge < -0.3 is 33.6 Å². The van der Waals surface area contributed by atoms with Crippen LogP contribution < -0.4 is 14.8 Å². The Kier molecular flexibility index (Phi) is 10.4. The van der Waals surface area contributed by atoms with Gasteiger partial charge in [-0.1, -0.05) is 40.5 Å². The van der Waals surface area contributed by atoms with Crippen molar-refractivity contribution in [3.8, 4) is 11.6 Å². The smallest absolute Gasteiger partial charge is 0.408 e. The number of carbonyl (C=O) groups is 3. The first-order chi connectivity index (χ1) is 23.9. The lowest BCUT2D eigenvalue weighted by molar-refractivity contribution is -0.139. The SMILES string of the molecule is CC[C@@H]1[C@@H]2CN(C(=O)[C@H](C(C)(C)C)NC(=O)O[C@]3(C)CCC[C@H]3CCCCCc3nc4ccc(OCc5ncc(C)o5)cc4nc3O2)[C@@H]1C=O. The molecular weight excluding hydrogens is 638 g/mol. The molecule has 1 saturated carbocycles. The number of nitrogens with zero attached hydrogens (tertiary/aromatic N) is 4. The second-order valence-corrected chi connectivity index (χ2v) is 15.5. The molecule has 0 radical (unpaired) electrons. The lowest BCUT2D eigenvalue weighted by atomic mass is 9.85. The van der Waals surface area contributed by atoms with E-state index in [1.807, 2.05) is 59.7 Å². The van der Waals surface area contributed by atoms with Gasteiger partial charge in [0.2, 0.25) is 17.7 Å². The Balaban J connectivity index is 1.34. The van der Waals surface area contributed by atoms with Crippen LogP contribution in [0.15, 0.2) is 28.8 Å². The number of aromatic nitrogens is 3. The number of nitrogens with one attached hydrogen (secondary N) is 1. The normalized spacial score (nSPS) is 28.1. The third-order valence-corrected chi connectivity index (χ3v) is 10.8. The fourth-order valence-corrected chi connectivity index (χ4v) is 7.93. The third kappa shape index (κ3) is 7.58. The van der Waals surface area contributed by atoms with Crippen LogP contribution >= 0.6 is 0 Å². The number of ether oxygens (including phenoxy) is 3. The number of fused-ring (bicyclic) bond motifs is 5. The average Bonchev–Trinajstić information content (AvgIpc) is 3.76. The number of carbonyl (C=O) groups excluding carboxylic acids is 3. The molecule has 2 aliphatic heterocycles. The summed E-state index contributed by atoms with van der Waals surface area (Å²) in [6.07, 6.45) is 9.22. The van der Waals surface area contributed by atoms with E-state index in [-0.39, 0.29) is 30.9 Å². The van der Waals surface area contributed by atoms with E-state index < -0.39 is 35.3 Å². The lowest BCUT2D eigenvalue weighted by Crippen LogP contribution is -2.57.